The molecule has 1 unspecified atom stereocenters. The van der Waals surface area contributed by atoms with Gasteiger partial charge in [0.05, 0.1) is 0 Å². The number of rotatable bonds is 0. The van der Waals surface area contributed by atoms with Gasteiger partial charge in [-0.15, -0.1) is 5.73 Å². The number of alkyl halides is 1. The van der Waals surface area contributed by atoms with Crippen LogP contribution in [0, 0.1) is 0 Å². The molecule has 1 rings (SSSR count). The van der Waals surface area contributed by atoms with Crippen LogP contribution in [0.3, 0.4) is 0 Å². The summed E-state index contributed by atoms with van der Waals surface area (Å²) in [5.74, 6) is 0. The summed E-state index contributed by atoms with van der Waals surface area (Å²) in [4.78, 5) is 0. The van der Waals surface area contributed by atoms with E-state index in [4.69, 9.17) is 0 Å². The van der Waals surface area contributed by atoms with Crippen LogP contribution >= 0.6 is 22.6 Å². The summed E-state index contributed by atoms with van der Waals surface area (Å²) in [7, 11) is 0. The summed E-state index contributed by atoms with van der Waals surface area (Å²) in [6.45, 7) is 0. The Labute approximate surface area is 60.9 Å². The van der Waals surface area contributed by atoms with Gasteiger partial charge in [0, 0.05) is 3.58 Å². The zero-order chi connectivity index (χ0) is 5.98. The van der Waals surface area contributed by atoms with Crippen molar-refractivity contribution in [2.45, 2.75) is 6.17 Å². The van der Waals surface area contributed by atoms with E-state index < -0.39 is 6.17 Å². The highest BCUT2D eigenvalue weighted by atomic mass is 127. The van der Waals surface area contributed by atoms with Gasteiger partial charge in [-0.1, -0.05) is 0 Å². The Balaban J connectivity index is 2.86. The molecule has 0 aromatic carbocycles. The van der Waals surface area contributed by atoms with Crippen molar-refractivity contribution in [3.63, 3.8) is 0 Å². The first-order chi connectivity index (χ1) is 3.80. The van der Waals surface area contributed by atoms with E-state index in [1.165, 1.54) is 6.08 Å². The summed E-state index contributed by atoms with van der Waals surface area (Å²) in [6.07, 6.45) is 3.91. The molecule has 0 spiro atoms. The Bertz CT molecular complexity index is 175. The first-order valence-electron chi connectivity index (χ1n) is 2.23. The van der Waals surface area contributed by atoms with Crippen LogP contribution in [0.15, 0.2) is 27.5 Å². The van der Waals surface area contributed by atoms with Gasteiger partial charge < -0.3 is 0 Å². The average Bonchev–Trinajstić information content (AvgIpc) is 1.77. The van der Waals surface area contributed by atoms with Crippen LogP contribution < -0.4 is 0 Å². The zero-order valence-corrected chi connectivity index (χ0v) is 6.22. The van der Waals surface area contributed by atoms with Crippen molar-refractivity contribution in [1.29, 1.82) is 0 Å². The highest BCUT2D eigenvalue weighted by molar-refractivity contribution is 14.1. The van der Waals surface area contributed by atoms with E-state index in [9.17, 15) is 4.39 Å². The highest BCUT2D eigenvalue weighted by Gasteiger charge is 2.05. The summed E-state index contributed by atoms with van der Waals surface area (Å²) in [5.41, 5.74) is 2.66. The Morgan fingerprint density at radius 3 is 2.88 bits per heavy atom. The van der Waals surface area contributed by atoms with Crippen LogP contribution in [-0.4, -0.2) is 6.17 Å². The number of hydrogen-bond acceptors (Lipinski definition) is 0. The fourth-order valence-electron chi connectivity index (χ4n) is 0.439. The minimum Gasteiger partial charge on any atom is -0.237 e. The third-order valence-electron chi connectivity index (χ3n) is 0.845. The van der Waals surface area contributed by atoms with Gasteiger partial charge in [-0.25, -0.2) is 4.39 Å². The predicted molar refractivity (Wildman–Crippen MR) is 39.7 cm³/mol. The molecule has 1 aliphatic carbocycles. The topological polar surface area (TPSA) is 0 Å². The van der Waals surface area contributed by atoms with Gasteiger partial charge in [-0.05, 0) is 40.8 Å². The van der Waals surface area contributed by atoms with E-state index in [1.807, 2.05) is 22.6 Å². The maximum Gasteiger partial charge on any atom is 0.156 e. The molecule has 42 valence electrons. The second-order valence-electron chi connectivity index (χ2n) is 1.45. The fourth-order valence-corrected chi connectivity index (χ4v) is 0.799. The van der Waals surface area contributed by atoms with Gasteiger partial charge in [-0.3, -0.25) is 0 Å². The van der Waals surface area contributed by atoms with E-state index in [0.717, 1.165) is 3.58 Å². The Hall–Kier alpha value is -0.0800. The van der Waals surface area contributed by atoms with Gasteiger partial charge in [0.25, 0.3) is 0 Å². The second-order valence-corrected chi connectivity index (χ2v) is 2.70. The molecule has 0 saturated heterocycles. The first-order valence-corrected chi connectivity index (χ1v) is 3.31. The lowest BCUT2D eigenvalue weighted by Gasteiger charge is -1.99. The molecule has 0 aromatic heterocycles. The van der Waals surface area contributed by atoms with E-state index in [2.05, 4.69) is 5.73 Å². The third kappa shape index (κ3) is 1.20. The molecule has 0 amide bonds. The van der Waals surface area contributed by atoms with Crippen molar-refractivity contribution in [2.24, 2.45) is 0 Å². The molecule has 0 fully saturated rings. The van der Waals surface area contributed by atoms with E-state index in [1.54, 1.807) is 12.2 Å². The highest BCUT2D eigenvalue weighted by Crippen LogP contribution is 2.17. The second kappa shape index (κ2) is 2.46. The summed E-state index contributed by atoms with van der Waals surface area (Å²) < 4.78 is 13.1. The number of halogens is 2. The largest absolute Gasteiger partial charge is 0.237 e. The van der Waals surface area contributed by atoms with Gasteiger partial charge in [-0.2, -0.15) is 0 Å². The van der Waals surface area contributed by atoms with Crippen molar-refractivity contribution in [2.75, 3.05) is 0 Å². The lowest BCUT2D eigenvalue weighted by molar-refractivity contribution is 0.466. The van der Waals surface area contributed by atoms with Gasteiger partial charge >= 0.3 is 0 Å². The SMILES string of the molecule is FC1C=C=CC=C1I. The van der Waals surface area contributed by atoms with Crippen LogP contribution in [0.2, 0.25) is 0 Å². The Morgan fingerprint density at radius 1 is 1.75 bits per heavy atom. The lowest BCUT2D eigenvalue weighted by atomic mass is 10.3. The summed E-state index contributed by atoms with van der Waals surface area (Å²) in [6, 6.07) is 0. The Kier molecular flexibility index (Phi) is 1.86. The van der Waals surface area contributed by atoms with Crippen LogP contribution in [0.1, 0.15) is 0 Å². The van der Waals surface area contributed by atoms with Gasteiger partial charge in [0.2, 0.25) is 0 Å². The maximum atomic E-state index is 12.4. The molecule has 1 aliphatic rings. The van der Waals surface area contributed by atoms with Crippen LogP contribution in [0.25, 0.3) is 0 Å². The molecular weight excluding hydrogens is 218 g/mol. The number of allylic oxidation sites excluding steroid dienone is 3. The predicted octanol–water partition coefficient (Wildman–Crippen LogP) is 2.37. The maximum absolute atomic E-state index is 12.4. The smallest absolute Gasteiger partial charge is 0.156 e. The van der Waals surface area contributed by atoms with Crippen molar-refractivity contribution < 1.29 is 4.39 Å². The minimum absolute atomic E-state index is 0.723. The molecule has 2 heteroatoms. The average molecular weight is 222 g/mol. The van der Waals surface area contributed by atoms with Crippen molar-refractivity contribution >= 4 is 22.6 Å². The standard InChI is InChI=1S/C6H4FI/c7-5-3-1-2-4-6(5)8/h2-5H. The first kappa shape index (κ1) is 6.05. The normalized spacial score (nSPS) is 25.8. The molecule has 0 radical (unpaired) electrons. The monoisotopic (exact) mass is 222 g/mol. The van der Waals surface area contributed by atoms with Crippen LogP contribution in [0.5, 0.6) is 0 Å². The molecule has 0 bridgehead atoms. The summed E-state index contributed by atoms with van der Waals surface area (Å²) in [5, 5.41) is 0. The molecule has 0 nitrogen and oxygen atoms in total. The molecule has 8 heavy (non-hydrogen) atoms. The molecule has 0 aliphatic heterocycles. The summed E-state index contributed by atoms with van der Waals surface area (Å²) >= 11 is 1.97. The zero-order valence-electron chi connectivity index (χ0n) is 4.07. The molecule has 0 N–H and O–H groups in total. The van der Waals surface area contributed by atoms with E-state index >= 15 is 0 Å². The molecule has 1 atom stereocenters. The quantitative estimate of drug-likeness (QED) is 0.436. The molecule has 0 aromatic rings. The van der Waals surface area contributed by atoms with Crippen molar-refractivity contribution in [3.05, 3.63) is 27.5 Å². The third-order valence-corrected chi connectivity index (χ3v) is 1.80. The van der Waals surface area contributed by atoms with Crippen molar-refractivity contribution in [3.8, 4) is 0 Å². The number of hydrogen-bond donors (Lipinski definition) is 0. The molecular formula is C6H4FI. The van der Waals surface area contributed by atoms with Crippen molar-refractivity contribution in [1.82, 2.24) is 0 Å². The molecule has 0 saturated carbocycles. The molecule has 0 heterocycles. The minimum atomic E-state index is -0.916. The lowest BCUT2D eigenvalue weighted by Crippen LogP contribution is -1.94. The van der Waals surface area contributed by atoms with Crippen LogP contribution in [0.4, 0.5) is 4.39 Å². The van der Waals surface area contributed by atoms with Gasteiger partial charge in [0.1, 0.15) is 0 Å². The Morgan fingerprint density at radius 2 is 2.50 bits per heavy atom. The van der Waals surface area contributed by atoms with E-state index in [0.29, 0.717) is 0 Å². The van der Waals surface area contributed by atoms with E-state index in [-0.39, 0.29) is 0 Å². The van der Waals surface area contributed by atoms with Gasteiger partial charge in [0.15, 0.2) is 6.17 Å². The van der Waals surface area contributed by atoms with Crippen LogP contribution in [-0.2, 0) is 0 Å². The fraction of sp³-hybridized carbons (Fsp3) is 0.167.